The maximum Gasteiger partial charge on any atom is 0.0702 e. The highest BCUT2D eigenvalue weighted by atomic mass is 14.9. The van der Waals surface area contributed by atoms with Gasteiger partial charge in [-0.15, -0.1) is 6.42 Å². The Morgan fingerprint density at radius 1 is 1.41 bits per heavy atom. The molecule has 0 radical (unpaired) electrons. The summed E-state index contributed by atoms with van der Waals surface area (Å²) < 4.78 is 0. The Bertz CT molecular complexity index is 540. The van der Waals surface area contributed by atoms with Crippen LogP contribution in [0.25, 0.3) is 10.9 Å². The van der Waals surface area contributed by atoms with Gasteiger partial charge in [-0.05, 0) is 24.1 Å². The van der Waals surface area contributed by atoms with Crippen LogP contribution in [0.3, 0.4) is 0 Å². The summed E-state index contributed by atoms with van der Waals surface area (Å²) in [4.78, 5) is 4.42. The van der Waals surface area contributed by atoms with Crippen LogP contribution in [-0.4, -0.2) is 11.0 Å². The van der Waals surface area contributed by atoms with E-state index in [9.17, 15) is 0 Å². The van der Waals surface area contributed by atoms with Crippen LogP contribution in [-0.2, 0) is 6.54 Å². The second kappa shape index (κ2) is 5.47. The number of nitrogens with zero attached hydrogens (tertiary/aromatic N) is 1. The third-order valence-electron chi connectivity index (χ3n) is 2.81. The monoisotopic (exact) mass is 224 g/mol. The average Bonchev–Trinajstić information content (AvgIpc) is 2.40. The van der Waals surface area contributed by atoms with Crippen LogP contribution >= 0.6 is 0 Å². The standard InChI is InChI=1S/C15H16N2/c1-3-14(4-2)16-10-12-9-13-7-5-6-8-15(13)17-11-12/h1,5-9,11,14,16H,4,10H2,2H3. The van der Waals surface area contributed by atoms with E-state index < -0.39 is 0 Å². The summed E-state index contributed by atoms with van der Waals surface area (Å²) in [6.07, 6.45) is 8.25. The minimum atomic E-state index is 0.140. The molecule has 0 aliphatic rings. The summed E-state index contributed by atoms with van der Waals surface area (Å²) >= 11 is 0. The minimum Gasteiger partial charge on any atom is -0.300 e. The van der Waals surface area contributed by atoms with E-state index in [1.54, 1.807) is 0 Å². The van der Waals surface area contributed by atoms with Gasteiger partial charge in [0.2, 0.25) is 0 Å². The van der Waals surface area contributed by atoms with Crippen molar-refractivity contribution in [3.05, 3.63) is 42.1 Å². The largest absolute Gasteiger partial charge is 0.300 e. The molecule has 1 unspecified atom stereocenters. The zero-order valence-electron chi connectivity index (χ0n) is 9.98. The van der Waals surface area contributed by atoms with Gasteiger partial charge in [-0.1, -0.05) is 31.0 Å². The van der Waals surface area contributed by atoms with E-state index in [0.29, 0.717) is 0 Å². The first-order chi connectivity index (χ1) is 8.33. The van der Waals surface area contributed by atoms with Crippen LogP contribution in [0.1, 0.15) is 18.9 Å². The van der Waals surface area contributed by atoms with Gasteiger partial charge in [-0.3, -0.25) is 10.3 Å². The van der Waals surface area contributed by atoms with Crippen molar-refractivity contribution in [1.29, 1.82) is 0 Å². The summed E-state index contributed by atoms with van der Waals surface area (Å²) in [5.41, 5.74) is 2.19. The Hall–Kier alpha value is -1.85. The molecule has 2 nitrogen and oxygen atoms in total. The molecule has 1 N–H and O–H groups in total. The van der Waals surface area contributed by atoms with Crippen molar-refractivity contribution in [2.24, 2.45) is 0 Å². The lowest BCUT2D eigenvalue weighted by Gasteiger charge is -2.10. The predicted octanol–water partition coefficient (Wildman–Crippen LogP) is 2.74. The molecule has 1 aromatic heterocycles. The second-order valence-corrected chi connectivity index (χ2v) is 4.04. The molecule has 0 bridgehead atoms. The molecule has 0 aliphatic carbocycles. The summed E-state index contributed by atoms with van der Waals surface area (Å²) in [5.74, 6) is 2.73. The van der Waals surface area contributed by atoms with Crippen molar-refractivity contribution in [2.75, 3.05) is 0 Å². The van der Waals surface area contributed by atoms with Gasteiger partial charge in [0.05, 0.1) is 11.6 Å². The van der Waals surface area contributed by atoms with E-state index in [2.05, 4.69) is 35.3 Å². The number of rotatable bonds is 4. The van der Waals surface area contributed by atoms with Gasteiger partial charge in [-0.25, -0.2) is 0 Å². The topological polar surface area (TPSA) is 24.9 Å². The Morgan fingerprint density at radius 3 is 3.00 bits per heavy atom. The summed E-state index contributed by atoms with van der Waals surface area (Å²) in [7, 11) is 0. The molecule has 1 aromatic carbocycles. The fourth-order valence-corrected chi connectivity index (χ4v) is 1.78. The van der Waals surface area contributed by atoms with Crippen LogP contribution < -0.4 is 5.32 Å². The molecule has 2 aromatic rings. The Balaban J connectivity index is 2.12. The molecular weight excluding hydrogens is 208 g/mol. The van der Waals surface area contributed by atoms with Crippen molar-refractivity contribution in [1.82, 2.24) is 10.3 Å². The van der Waals surface area contributed by atoms with Crippen molar-refractivity contribution < 1.29 is 0 Å². The Morgan fingerprint density at radius 2 is 2.24 bits per heavy atom. The van der Waals surface area contributed by atoms with Gasteiger partial charge in [0.15, 0.2) is 0 Å². The van der Waals surface area contributed by atoms with E-state index >= 15 is 0 Å². The first kappa shape index (κ1) is 11.6. The van der Waals surface area contributed by atoms with Crippen LogP contribution in [0, 0.1) is 12.3 Å². The van der Waals surface area contributed by atoms with E-state index in [0.717, 1.165) is 24.0 Å². The lowest BCUT2D eigenvalue weighted by Crippen LogP contribution is -2.26. The molecule has 2 heteroatoms. The number of hydrogen-bond acceptors (Lipinski definition) is 2. The molecule has 2 rings (SSSR count). The fourth-order valence-electron chi connectivity index (χ4n) is 1.78. The molecule has 0 aliphatic heterocycles. The van der Waals surface area contributed by atoms with Crippen LogP contribution in [0.5, 0.6) is 0 Å². The number of hydrogen-bond donors (Lipinski definition) is 1. The Kier molecular flexibility index (Phi) is 3.74. The first-order valence-corrected chi connectivity index (χ1v) is 5.86. The van der Waals surface area contributed by atoms with Gasteiger partial charge in [-0.2, -0.15) is 0 Å². The summed E-state index contributed by atoms with van der Waals surface area (Å²) in [6, 6.07) is 10.4. The number of pyridine rings is 1. The van der Waals surface area contributed by atoms with Crippen molar-refractivity contribution in [3.8, 4) is 12.3 Å². The van der Waals surface area contributed by atoms with Gasteiger partial charge >= 0.3 is 0 Å². The lowest BCUT2D eigenvalue weighted by atomic mass is 10.1. The smallest absolute Gasteiger partial charge is 0.0702 e. The van der Waals surface area contributed by atoms with Crippen molar-refractivity contribution in [3.63, 3.8) is 0 Å². The summed E-state index contributed by atoms with van der Waals surface area (Å²) in [5, 5.41) is 4.49. The van der Waals surface area contributed by atoms with Gasteiger partial charge in [0, 0.05) is 18.1 Å². The fraction of sp³-hybridized carbons (Fsp3) is 0.267. The highest BCUT2D eigenvalue weighted by Gasteiger charge is 2.02. The van der Waals surface area contributed by atoms with Crippen molar-refractivity contribution >= 4 is 10.9 Å². The zero-order valence-corrected chi connectivity index (χ0v) is 9.98. The van der Waals surface area contributed by atoms with Gasteiger partial charge in [0.25, 0.3) is 0 Å². The predicted molar refractivity (Wildman–Crippen MR) is 71.5 cm³/mol. The molecule has 0 saturated carbocycles. The van der Waals surface area contributed by atoms with Crippen LogP contribution in [0.4, 0.5) is 0 Å². The van der Waals surface area contributed by atoms with Gasteiger partial charge < -0.3 is 0 Å². The first-order valence-electron chi connectivity index (χ1n) is 5.86. The maximum absolute atomic E-state index is 5.41. The molecule has 0 amide bonds. The van der Waals surface area contributed by atoms with Crippen LogP contribution in [0.2, 0.25) is 0 Å². The number of nitrogens with one attached hydrogen (secondary N) is 1. The number of benzene rings is 1. The lowest BCUT2D eigenvalue weighted by molar-refractivity contribution is 0.592. The number of para-hydroxylation sites is 1. The second-order valence-electron chi connectivity index (χ2n) is 4.04. The number of fused-ring (bicyclic) bond motifs is 1. The Labute approximate surface area is 102 Å². The minimum absolute atomic E-state index is 0.140. The zero-order chi connectivity index (χ0) is 12.1. The van der Waals surface area contributed by atoms with Gasteiger partial charge in [0.1, 0.15) is 0 Å². The molecule has 17 heavy (non-hydrogen) atoms. The van der Waals surface area contributed by atoms with E-state index in [4.69, 9.17) is 6.42 Å². The summed E-state index contributed by atoms with van der Waals surface area (Å²) in [6.45, 7) is 2.84. The van der Waals surface area contributed by atoms with E-state index in [1.165, 1.54) is 5.39 Å². The molecule has 0 saturated heterocycles. The SMILES string of the molecule is C#CC(CC)NCc1cnc2ccccc2c1. The number of terminal acetylenes is 1. The highest BCUT2D eigenvalue weighted by molar-refractivity contribution is 5.78. The molecule has 1 heterocycles. The molecule has 0 fully saturated rings. The molecule has 1 atom stereocenters. The normalized spacial score (nSPS) is 12.2. The average molecular weight is 224 g/mol. The third-order valence-corrected chi connectivity index (χ3v) is 2.81. The molecule has 0 spiro atoms. The van der Waals surface area contributed by atoms with Crippen LogP contribution in [0.15, 0.2) is 36.5 Å². The molecular formula is C15H16N2. The quantitative estimate of drug-likeness (QED) is 0.808. The van der Waals surface area contributed by atoms with E-state index in [-0.39, 0.29) is 6.04 Å². The van der Waals surface area contributed by atoms with E-state index in [1.807, 2.05) is 24.4 Å². The third kappa shape index (κ3) is 2.83. The highest BCUT2D eigenvalue weighted by Crippen LogP contribution is 2.12. The van der Waals surface area contributed by atoms with Crippen molar-refractivity contribution in [2.45, 2.75) is 25.9 Å². The maximum atomic E-state index is 5.41. The number of aromatic nitrogens is 1. The molecule has 86 valence electrons.